The van der Waals surface area contributed by atoms with E-state index in [0.717, 1.165) is 4.70 Å². The van der Waals surface area contributed by atoms with Gasteiger partial charge in [-0.05, 0) is 12.1 Å². The summed E-state index contributed by atoms with van der Waals surface area (Å²) in [6, 6.07) is 5.35. The van der Waals surface area contributed by atoms with Crippen LogP contribution in [0.25, 0.3) is 10.2 Å². The average molecular weight is 356 g/mol. The SMILES string of the molecule is NCC(=O)NCC(=O)NCC(=O)Nc1nc2c(Cl)cccc2s1. The first-order valence-corrected chi connectivity index (χ1v) is 7.77. The number of carbonyl (C=O) groups is 3. The van der Waals surface area contributed by atoms with E-state index in [4.69, 9.17) is 17.3 Å². The molecule has 0 aliphatic rings. The minimum Gasteiger partial charge on any atom is -0.346 e. The highest BCUT2D eigenvalue weighted by molar-refractivity contribution is 7.22. The van der Waals surface area contributed by atoms with Crippen molar-refractivity contribution >= 4 is 56.0 Å². The molecule has 2 rings (SSSR count). The molecule has 0 atom stereocenters. The molecule has 0 fully saturated rings. The number of rotatable bonds is 6. The van der Waals surface area contributed by atoms with Crippen LogP contribution >= 0.6 is 22.9 Å². The predicted octanol–water partition coefficient (Wildman–Crippen LogP) is 0.0793. The van der Waals surface area contributed by atoms with Crippen LogP contribution in [0.1, 0.15) is 0 Å². The van der Waals surface area contributed by atoms with Crippen molar-refractivity contribution in [3.05, 3.63) is 23.2 Å². The number of aromatic nitrogens is 1. The van der Waals surface area contributed by atoms with Crippen molar-refractivity contribution in [1.82, 2.24) is 15.6 Å². The van der Waals surface area contributed by atoms with Crippen LogP contribution in [0.4, 0.5) is 5.13 Å². The van der Waals surface area contributed by atoms with E-state index in [1.54, 1.807) is 12.1 Å². The minimum atomic E-state index is -0.491. The summed E-state index contributed by atoms with van der Waals surface area (Å²) in [6.07, 6.45) is 0. The lowest BCUT2D eigenvalue weighted by Gasteiger charge is -2.05. The summed E-state index contributed by atoms with van der Waals surface area (Å²) in [5.74, 6) is -1.37. The molecule has 1 aromatic heterocycles. The molecule has 1 heterocycles. The van der Waals surface area contributed by atoms with Gasteiger partial charge in [0.15, 0.2) is 5.13 Å². The van der Waals surface area contributed by atoms with E-state index in [2.05, 4.69) is 20.9 Å². The molecule has 122 valence electrons. The number of carbonyl (C=O) groups excluding carboxylic acids is 3. The number of hydrogen-bond acceptors (Lipinski definition) is 6. The van der Waals surface area contributed by atoms with Crippen LogP contribution < -0.4 is 21.7 Å². The van der Waals surface area contributed by atoms with Crippen LogP contribution in [0.5, 0.6) is 0 Å². The van der Waals surface area contributed by atoms with Crippen molar-refractivity contribution < 1.29 is 14.4 Å². The minimum absolute atomic E-state index is 0.200. The molecular weight excluding hydrogens is 342 g/mol. The standard InChI is InChI=1S/C13H14ClN5O3S/c14-7-2-1-3-8-12(7)19-13(23-8)18-11(22)6-17-10(21)5-16-9(20)4-15/h1-3H,4-6,15H2,(H,16,20)(H,17,21)(H,18,19,22). The third-order valence-electron chi connectivity index (χ3n) is 2.69. The van der Waals surface area contributed by atoms with Crippen molar-refractivity contribution in [2.75, 3.05) is 25.0 Å². The van der Waals surface area contributed by atoms with E-state index in [9.17, 15) is 14.4 Å². The number of nitrogens with two attached hydrogens (primary N) is 1. The monoisotopic (exact) mass is 355 g/mol. The molecule has 1 aromatic carbocycles. The Balaban J connectivity index is 1.83. The van der Waals surface area contributed by atoms with E-state index in [1.165, 1.54) is 11.3 Å². The predicted molar refractivity (Wildman–Crippen MR) is 88.3 cm³/mol. The van der Waals surface area contributed by atoms with Crippen molar-refractivity contribution in [1.29, 1.82) is 0 Å². The maximum atomic E-state index is 11.8. The highest BCUT2D eigenvalue weighted by Gasteiger charge is 2.11. The fourth-order valence-electron chi connectivity index (χ4n) is 1.62. The zero-order valence-electron chi connectivity index (χ0n) is 11.9. The number of thiazole rings is 1. The molecule has 0 unspecified atom stereocenters. The van der Waals surface area contributed by atoms with Gasteiger partial charge in [-0.15, -0.1) is 0 Å². The van der Waals surface area contributed by atoms with Gasteiger partial charge in [0.05, 0.1) is 29.4 Å². The van der Waals surface area contributed by atoms with Gasteiger partial charge in [0, 0.05) is 0 Å². The first kappa shape index (κ1) is 17.1. The van der Waals surface area contributed by atoms with Gasteiger partial charge in [-0.2, -0.15) is 0 Å². The Kier molecular flexibility index (Phi) is 5.85. The van der Waals surface area contributed by atoms with Crippen LogP contribution in [0, 0.1) is 0 Å². The summed E-state index contributed by atoms with van der Waals surface area (Å²) in [7, 11) is 0. The summed E-state index contributed by atoms with van der Waals surface area (Å²) in [5, 5.41) is 8.14. The highest BCUT2D eigenvalue weighted by Crippen LogP contribution is 2.30. The molecule has 0 bridgehead atoms. The Morgan fingerprint density at radius 2 is 1.83 bits per heavy atom. The molecule has 0 saturated heterocycles. The van der Waals surface area contributed by atoms with Gasteiger partial charge in [-0.25, -0.2) is 4.98 Å². The van der Waals surface area contributed by atoms with Crippen molar-refractivity contribution in [2.24, 2.45) is 5.73 Å². The maximum absolute atomic E-state index is 11.8. The molecule has 0 aliphatic carbocycles. The van der Waals surface area contributed by atoms with Crippen LogP contribution in [0.15, 0.2) is 18.2 Å². The normalized spacial score (nSPS) is 10.3. The zero-order chi connectivity index (χ0) is 16.8. The van der Waals surface area contributed by atoms with Crippen molar-refractivity contribution in [3.63, 3.8) is 0 Å². The third kappa shape index (κ3) is 4.88. The number of benzene rings is 1. The quantitative estimate of drug-likeness (QED) is 0.583. The molecule has 0 radical (unpaired) electrons. The fourth-order valence-corrected chi connectivity index (χ4v) is 2.81. The highest BCUT2D eigenvalue weighted by atomic mass is 35.5. The molecule has 8 nitrogen and oxygen atoms in total. The zero-order valence-corrected chi connectivity index (χ0v) is 13.5. The number of para-hydroxylation sites is 1. The van der Waals surface area contributed by atoms with Gasteiger partial charge in [-0.3, -0.25) is 14.4 Å². The molecule has 0 spiro atoms. The summed E-state index contributed by atoms with van der Waals surface area (Å²) < 4.78 is 0.848. The topological polar surface area (TPSA) is 126 Å². The second kappa shape index (κ2) is 7.86. The smallest absolute Gasteiger partial charge is 0.245 e. The lowest BCUT2D eigenvalue weighted by Crippen LogP contribution is -2.41. The number of nitrogens with zero attached hydrogens (tertiary/aromatic N) is 1. The van der Waals surface area contributed by atoms with E-state index in [1.807, 2.05) is 6.07 Å². The van der Waals surface area contributed by atoms with E-state index in [0.29, 0.717) is 15.7 Å². The number of amides is 3. The Labute approximate surface area is 140 Å². The largest absolute Gasteiger partial charge is 0.346 e. The maximum Gasteiger partial charge on any atom is 0.245 e. The molecule has 0 saturated carbocycles. The number of halogens is 1. The summed E-state index contributed by atoms with van der Waals surface area (Å²) >= 11 is 7.29. The molecule has 5 N–H and O–H groups in total. The molecular formula is C13H14ClN5O3S. The van der Waals surface area contributed by atoms with Gasteiger partial charge < -0.3 is 21.7 Å². The number of hydrogen-bond donors (Lipinski definition) is 4. The van der Waals surface area contributed by atoms with Gasteiger partial charge in [0.25, 0.3) is 0 Å². The van der Waals surface area contributed by atoms with Crippen molar-refractivity contribution in [2.45, 2.75) is 0 Å². The van der Waals surface area contributed by atoms with Gasteiger partial charge >= 0.3 is 0 Å². The number of fused-ring (bicyclic) bond motifs is 1. The second-order valence-electron chi connectivity index (χ2n) is 4.41. The van der Waals surface area contributed by atoms with Crippen LogP contribution in [-0.2, 0) is 14.4 Å². The molecule has 2 aromatic rings. The Morgan fingerprint density at radius 1 is 1.13 bits per heavy atom. The van der Waals surface area contributed by atoms with E-state index >= 15 is 0 Å². The lowest BCUT2D eigenvalue weighted by molar-refractivity contribution is -0.126. The summed E-state index contributed by atoms with van der Waals surface area (Å²) in [5.41, 5.74) is 5.70. The van der Waals surface area contributed by atoms with Crippen molar-refractivity contribution in [3.8, 4) is 0 Å². The van der Waals surface area contributed by atoms with E-state index in [-0.39, 0.29) is 19.6 Å². The number of nitrogens with one attached hydrogen (secondary N) is 3. The van der Waals surface area contributed by atoms with Gasteiger partial charge in [-0.1, -0.05) is 29.0 Å². The Bertz CT molecular complexity index is 748. The van der Waals surface area contributed by atoms with Crippen LogP contribution in [0.2, 0.25) is 5.02 Å². The Morgan fingerprint density at radius 3 is 2.52 bits per heavy atom. The van der Waals surface area contributed by atoms with E-state index < -0.39 is 17.7 Å². The first-order valence-electron chi connectivity index (χ1n) is 6.58. The molecule has 10 heteroatoms. The third-order valence-corrected chi connectivity index (χ3v) is 3.93. The second-order valence-corrected chi connectivity index (χ2v) is 5.85. The van der Waals surface area contributed by atoms with Gasteiger partial charge in [0.2, 0.25) is 17.7 Å². The first-order chi connectivity index (χ1) is 11.0. The number of anilines is 1. The summed E-state index contributed by atoms with van der Waals surface area (Å²) in [6.45, 7) is -0.672. The molecule has 3 amide bonds. The van der Waals surface area contributed by atoms with Crippen LogP contribution in [-0.4, -0.2) is 42.3 Å². The van der Waals surface area contributed by atoms with Crippen LogP contribution in [0.3, 0.4) is 0 Å². The Hall–Kier alpha value is -2.23. The molecule has 0 aliphatic heterocycles. The average Bonchev–Trinajstić information content (AvgIpc) is 2.94. The summed E-state index contributed by atoms with van der Waals surface area (Å²) in [4.78, 5) is 38.3. The van der Waals surface area contributed by atoms with Gasteiger partial charge in [0.1, 0.15) is 5.52 Å². The fraction of sp³-hybridized carbons (Fsp3) is 0.231. The lowest BCUT2D eigenvalue weighted by atomic mass is 10.3. The molecule has 23 heavy (non-hydrogen) atoms.